The summed E-state index contributed by atoms with van der Waals surface area (Å²) in [6, 6.07) is 11.9. The Hall–Kier alpha value is -2.74. The van der Waals surface area contributed by atoms with E-state index in [4.69, 9.17) is 28.3 Å². The van der Waals surface area contributed by atoms with Crippen molar-refractivity contribution < 1.29 is 14.7 Å². The van der Waals surface area contributed by atoms with Gasteiger partial charge in [-0.3, -0.25) is 14.5 Å². The lowest BCUT2D eigenvalue weighted by Crippen LogP contribution is -2.65. The number of carboxylic acid groups (broad SMARTS) is 1. The second kappa shape index (κ2) is 9.96. The standard InChI is InChI=1S/C27H28Cl2N4O3/c1-16-17(9-18-3-2-6-30-25(18)32-16)5-8-33-15-27(24(33)19-10-21(28)12-22(29)11-19)13-20(14-27)26(36)31-7-4-23(34)35/h2-3,6,9-12,20,24H,4-5,7-8,13-15H2,1H3,(H,31,36)(H,34,35). The van der Waals surface area contributed by atoms with Crippen LogP contribution in [0.5, 0.6) is 0 Å². The molecule has 1 amide bonds. The van der Waals surface area contributed by atoms with Crippen molar-refractivity contribution in [2.75, 3.05) is 19.6 Å². The van der Waals surface area contributed by atoms with Crippen LogP contribution >= 0.6 is 23.2 Å². The number of nitrogens with one attached hydrogen (secondary N) is 1. The van der Waals surface area contributed by atoms with Crippen LogP contribution in [0.3, 0.4) is 0 Å². The SMILES string of the molecule is Cc1nc2ncccc2cc1CCN1CC2(CC(C(=O)NCCC(=O)O)C2)C1c1cc(Cl)cc(Cl)c1. The van der Waals surface area contributed by atoms with Crippen LogP contribution in [-0.2, 0) is 16.0 Å². The highest BCUT2D eigenvalue weighted by Gasteiger charge is 2.60. The van der Waals surface area contributed by atoms with E-state index >= 15 is 0 Å². The smallest absolute Gasteiger partial charge is 0.305 e. The number of hydrogen-bond donors (Lipinski definition) is 2. The molecule has 2 aromatic heterocycles. The summed E-state index contributed by atoms with van der Waals surface area (Å²) in [4.78, 5) is 34.8. The van der Waals surface area contributed by atoms with Crippen molar-refractivity contribution in [1.82, 2.24) is 20.2 Å². The van der Waals surface area contributed by atoms with Gasteiger partial charge in [-0.05, 0) is 73.7 Å². The Kier molecular flexibility index (Phi) is 6.90. The first-order valence-corrected chi connectivity index (χ1v) is 12.9. The van der Waals surface area contributed by atoms with E-state index in [2.05, 4.69) is 26.3 Å². The number of carbonyl (C=O) groups excluding carboxylic acids is 1. The van der Waals surface area contributed by atoms with Gasteiger partial charge >= 0.3 is 5.97 Å². The molecule has 1 aliphatic heterocycles. The lowest BCUT2D eigenvalue weighted by atomic mass is 9.52. The van der Waals surface area contributed by atoms with Gasteiger partial charge in [0.2, 0.25) is 5.91 Å². The molecule has 0 bridgehead atoms. The predicted octanol–water partition coefficient (Wildman–Crippen LogP) is 4.83. The van der Waals surface area contributed by atoms with Crippen LogP contribution in [0, 0.1) is 18.3 Å². The number of hydrogen-bond acceptors (Lipinski definition) is 5. The molecular weight excluding hydrogens is 499 g/mol. The minimum Gasteiger partial charge on any atom is -0.481 e. The first-order valence-electron chi connectivity index (χ1n) is 12.1. The second-order valence-electron chi connectivity index (χ2n) is 10.0. The molecule has 3 heterocycles. The summed E-state index contributed by atoms with van der Waals surface area (Å²) in [6.07, 6.45) is 4.07. The third-order valence-electron chi connectivity index (χ3n) is 7.53. The molecule has 1 saturated heterocycles. The van der Waals surface area contributed by atoms with Gasteiger partial charge in [0.05, 0.1) is 6.42 Å². The fraction of sp³-hybridized carbons (Fsp3) is 0.407. The largest absolute Gasteiger partial charge is 0.481 e. The van der Waals surface area contributed by atoms with Crippen molar-refractivity contribution in [3.63, 3.8) is 0 Å². The van der Waals surface area contributed by atoms with Crippen molar-refractivity contribution >= 4 is 46.1 Å². The van der Waals surface area contributed by atoms with Crippen molar-refractivity contribution in [3.8, 4) is 0 Å². The predicted molar refractivity (Wildman–Crippen MR) is 139 cm³/mol. The van der Waals surface area contributed by atoms with Crippen LogP contribution in [0.2, 0.25) is 10.0 Å². The highest BCUT2D eigenvalue weighted by atomic mass is 35.5. The zero-order valence-electron chi connectivity index (χ0n) is 20.0. The third kappa shape index (κ3) is 4.92. The number of aryl methyl sites for hydroxylation is 1. The van der Waals surface area contributed by atoms with Gasteiger partial charge < -0.3 is 10.4 Å². The van der Waals surface area contributed by atoms with Gasteiger partial charge in [-0.1, -0.05) is 23.2 Å². The number of nitrogens with zero attached hydrogens (tertiary/aromatic N) is 3. The Labute approximate surface area is 219 Å². The quantitative estimate of drug-likeness (QED) is 0.436. The topological polar surface area (TPSA) is 95.4 Å². The van der Waals surface area contributed by atoms with Crippen LogP contribution in [0.4, 0.5) is 0 Å². The Balaban J connectivity index is 1.30. The molecule has 9 heteroatoms. The van der Waals surface area contributed by atoms with E-state index in [-0.39, 0.29) is 36.2 Å². The molecule has 7 nitrogen and oxygen atoms in total. The molecule has 1 atom stereocenters. The van der Waals surface area contributed by atoms with Crippen molar-refractivity contribution in [1.29, 1.82) is 0 Å². The maximum Gasteiger partial charge on any atom is 0.305 e. The van der Waals surface area contributed by atoms with Gasteiger partial charge in [-0.25, -0.2) is 9.97 Å². The van der Waals surface area contributed by atoms with Crippen LogP contribution in [-0.4, -0.2) is 51.5 Å². The van der Waals surface area contributed by atoms with Crippen LogP contribution in [0.25, 0.3) is 11.0 Å². The first-order chi connectivity index (χ1) is 17.2. The van der Waals surface area contributed by atoms with Crippen LogP contribution in [0.15, 0.2) is 42.6 Å². The summed E-state index contributed by atoms with van der Waals surface area (Å²) < 4.78 is 0. The average molecular weight is 527 g/mol. The average Bonchev–Trinajstić information content (AvgIpc) is 2.76. The number of fused-ring (bicyclic) bond motifs is 1. The number of benzene rings is 1. The summed E-state index contributed by atoms with van der Waals surface area (Å²) >= 11 is 12.7. The molecule has 0 radical (unpaired) electrons. The highest BCUT2D eigenvalue weighted by molar-refractivity contribution is 6.34. The molecule has 1 aliphatic carbocycles. The summed E-state index contributed by atoms with van der Waals surface area (Å²) in [6.45, 7) is 3.92. The first kappa shape index (κ1) is 24.9. The minimum absolute atomic E-state index is 0.0105. The lowest BCUT2D eigenvalue weighted by Gasteiger charge is -2.65. The summed E-state index contributed by atoms with van der Waals surface area (Å²) in [7, 11) is 0. The fourth-order valence-corrected chi connectivity index (χ4v) is 6.46. The number of pyridine rings is 2. The van der Waals surface area contributed by atoms with E-state index in [1.807, 2.05) is 31.2 Å². The number of amides is 1. The number of rotatable bonds is 8. The van der Waals surface area contributed by atoms with Crippen LogP contribution < -0.4 is 5.32 Å². The number of aliphatic carboxylic acids is 1. The Morgan fingerprint density at radius 3 is 2.67 bits per heavy atom. The molecule has 1 spiro atoms. The summed E-state index contributed by atoms with van der Waals surface area (Å²) in [5.41, 5.74) is 4.00. The van der Waals surface area contributed by atoms with Gasteiger partial charge in [-0.2, -0.15) is 0 Å². The van der Waals surface area contributed by atoms with Gasteiger partial charge in [-0.15, -0.1) is 0 Å². The number of halogens is 2. The molecule has 1 aromatic carbocycles. The van der Waals surface area contributed by atoms with Gasteiger partial charge in [0.1, 0.15) is 0 Å². The fourth-order valence-electron chi connectivity index (χ4n) is 5.91. The monoisotopic (exact) mass is 526 g/mol. The molecule has 1 saturated carbocycles. The molecular formula is C27H28Cl2N4O3. The van der Waals surface area contributed by atoms with Gasteiger partial charge in [0.25, 0.3) is 0 Å². The highest BCUT2D eigenvalue weighted by Crippen LogP contribution is 2.63. The normalized spacial score (nSPS) is 23.3. The maximum absolute atomic E-state index is 12.6. The Morgan fingerprint density at radius 1 is 1.19 bits per heavy atom. The summed E-state index contributed by atoms with van der Waals surface area (Å²) in [5.74, 6) is -1.08. The van der Waals surface area contributed by atoms with E-state index in [0.29, 0.717) is 10.0 Å². The molecule has 1 unspecified atom stereocenters. The molecule has 3 aromatic rings. The van der Waals surface area contributed by atoms with E-state index in [1.54, 1.807) is 12.3 Å². The second-order valence-corrected chi connectivity index (χ2v) is 10.9. The van der Waals surface area contributed by atoms with E-state index in [9.17, 15) is 9.59 Å². The van der Waals surface area contributed by atoms with E-state index in [1.165, 1.54) is 5.56 Å². The molecule has 188 valence electrons. The van der Waals surface area contributed by atoms with E-state index < -0.39 is 5.97 Å². The molecule has 2 fully saturated rings. The van der Waals surface area contributed by atoms with E-state index in [0.717, 1.165) is 54.6 Å². The molecule has 36 heavy (non-hydrogen) atoms. The van der Waals surface area contributed by atoms with Crippen molar-refractivity contribution in [3.05, 3.63) is 69.5 Å². The number of carbonyl (C=O) groups is 2. The lowest BCUT2D eigenvalue weighted by molar-refractivity contribution is -0.168. The maximum atomic E-state index is 12.6. The zero-order valence-corrected chi connectivity index (χ0v) is 21.5. The van der Waals surface area contributed by atoms with Crippen molar-refractivity contribution in [2.24, 2.45) is 11.3 Å². The van der Waals surface area contributed by atoms with Gasteiger partial charge in [0.15, 0.2) is 5.65 Å². The third-order valence-corrected chi connectivity index (χ3v) is 7.97. The Bertz CT molecular complexity index is 1310. The molecule has 5 rings (SSSR count). The number of aromatic nitrogens is 2. The Morgan fingerprint density at radius 2 is 1.94 bits per heavy atom. The van der Waals surface area contributed by atoms with Crippen molar-refractivity contribution in [2.45, 2.75) is 38.6 Å². The minimum atomic E-state index is -0.916. The van der Waals surface area contributed by atoms with Gasteiger partial charge in [0, 0.05) is 64.3 Å². The molecule has 2 N–H and O–H groups in total. The zero-order chi connectivity index (χ0) is 25.4. The summed E-state index contributed by atoms with van der Waals surface area (Å²) in [5, 5.41) is 13.8. The number of likely N-dealkylation sites (tertiary alicyclic amines) is 1. The molecule has 2 aliphatic rings. The number of carboxylic acids is 1. The van der Waals surface area contributed by atoms with Crippen LogP contribution in [0.1, 0.15) is 42.1 Å².